The summed E-state index contributed by atoms with van der Waals surface area (Å²) in [6, 6.07) is 2.73. The molecule has 7 heteroatoms. The van der Waals surface area contributed by atoms with E-state index in [0.717, 1.165) is 30.4 Å². The summed E-state index contributed by atoms with van der Waals surface area (Å²) in [5.41, 5.74) is 0. The smallest absolute Gasteiger partial charge is 0.253 e. The molecule has 124 valence electrons. The molecule has 2 aliphatic rings. The Hall–Kier alpha value is -2.44. The van der Waals surface area contributed by atoms with Crippen molar-refractivity contribution < 1.29 is 24.6 Å². The maximum atomic E-state index is 11.6. The number of aromatic hydroxyl groups is 2. The molecule has 23 heavy (non-hydrogen) atoms. The lowest BCUT2D eigenvalue weighted by molar-refractivity contribution is -0.137. The Balaban J connectivity index is 1.44. The van der Waals surface area contributed by atoms with Crippen LogP contribution in [0.15, 0.2) is 24.3 Å². The molecule has 0 saturated heterocycles. The van der Waals surface area contributed by atoms with Crippen LogP contribution in [-0.4, -0.2) is 44.8 Å². The number of rotatable bonds is 5. The molecule has 2 N–H and O–H groups in total. The van der Waals surface area contributed by atoms with Gasteiger partial charge >= 0.3 is 0 Å². The van der Waals surface area contributed by atoms with Crippen molar-refractivity contribution >= 4 is 11.8 Å². The Labute approximate surface area is 133 Å². The molecule has 2 amide bonds. The average Bonchev–Trinajstić information content (AvgIpc) is 3.03. The van der Waals surface area contributed by atoms with Crippen molar-refractivity contribution in [3.05, 3.63) is 24.3 Å². The third-order valence-corrected chi connectivity index (χ3v) is 4.54. The fourth-order valence-corrected chi connectivity index (χ4v) is 3.16. The number of hydrogen-bond donors (Lipinski definition) is 2. The highest BCUT2D eigenvalue weighted by atomic mass is 16.7. The minimum absolute atomic E-state index is 0.130. The Bertz CT molecular complexity index is 591. The molecule has 0 spiro atoms. The number of amides is 2. The number of carbonyl (C=O) groups is 2. The van der Waals surface area contributed by atoms with Gasteiger partial charge in [-0.05, 0) is 37.5 Å². The van der Waals surface area contributed by atoms with Gasteiger partial charge in [0.05, 0.1) is 0 Å². The first-order chi connectivity index (χ1) is 11.0. The van der Waals surface area contributed by atoms with Gasteiger partial charge in [-0.15, -0.1) is 4.73 Å². The molecule has 1 saturated carbocycles. The van der Waals surface area contributed by atoms with E-state index in [1.54, 1.807) is 0 Å². The van der Waals surface area contributed by atoms with Crippen LogP contribution in [0.2, 0.25) is 0 Å². The number of imide groups is 1. The van der Waals surface area contributed by atoms with Gasteiger partial charge in [0, 0.05) is 30.8 Å². The summed E-state index contributed by atoms with van der Waals surface area (Å²) < 4.78 is 1.01. The molecule has 3 rings (SSSR count). The zero-order valence-electron chi connectivity index (χ0n) is 12.7. The van der Waals surface area contributed by atoms with E-state index in [1.165, 1.54) is 29.2 Å². The summed E-state index contributed by atoms with van der Waals surface area (Å²) >= 11 is 0. The quantitative estimate of drug-likeness (QED) is 0.792. The summed E-state index contributed by atoms with van der Waals surface area (Å²) in [5.74, 6) is -0.0505. The molecule has 0 aromatic carbocycles. The van der Waals surface area contributed by atoms with Crippen LogP contribution in [0.4, 0.5) is 0 Å². The summed E-state index contributed by atoms with van der Waals surface area (Å²) in [4.78, 5) is 29.9. The lowest BCUT2D eigenvalue weighted by Crippen LogP contribution is -2.36. The van der Waals surface area contributed by atoms with Gasteiger partial charge in [-0.1, -0.05) is 0 Å². The van der Waals surface area contributed by atoms with Crippen molar-refractivity contribution in [2.24, 2.45) is 11.8 Å². The van der Waals surface area contributed by atoms with E-state index in [9.17, 15) is 19.8 Å². The topological polar surface area (TPSA) is 92.0 Å². The van der Waals surface area contributed by atoms with Crippen molar-refractivity contribution in [1.29, 1.82) is 0 Å². The molecule has 1 aromatic rings. The molecule has 1 aliphatic heterocycles. The van der Waals surface area contributed by atoms with Crippen LogP contribution in [-0.2, 0) is 9.59 Å². The van der Waals surface area contributed by atoms with E-state index in [2.05, 4.69) is 0 Å². The van der Waals surface area contributed by atoms with E-state index in [0.29, 0.717) is 25.0 Å². The van der Waals surface area contributed by atoms with Crippen LogP contribution >= 0.6 is 0 Å². The molecule has 1 fully saturated rings. The molecule has 0 bridgehead atoms. The van der Waals surface area contributed by atoms with Crippen LogP contribution in [0.3, 0.4) is 0 Å². The Morgan fingerprint density at radius 2 is 1.48 bits per heavy atom. The van der Waals surface area contributed by atoms with Crippen LogP contribution in [0, 0.1) is 11.8 Å². The fourth-order valence-electron chi connectivity index (χ4n) is 3.16. The summed E-state index contributed by atoms with van der Waals surface area (Å²) in [5, 5.41) is 19.0. The molecular weight excluding hydrogens is 300 g/mol. The van der Waals surface area contributed by atoms with Gasteiger partial charge in [0.1, 0.15) is 6.61 Å². The fraction of sp³-hybridized carbons (Fsp3) is 0.500. The molecule has 0 unspecified atom stereocenters. The second kappa shape index (κ2) is 6.36. The summed E-state index contributed by atoms with van der Waals surface area (Å²) in [7, 11) is 0. The van der Waals surface area contributed by atoms with E-state index in [-0.39, 0.29) is 23.6 Å². The highest BCUT2D eigenvalue weighted by Gasteiger charge is 2.29. The van der Waals surface area contributed by atoms with E-state index >= 15 is 0 Å². The SMILES string of the molecule is O=C1C=CC(=O)N1CC1CCC(COn2c(O)ccc2O)CC1. The lowest BCUT2D eigenvalue weighted by atomic mass is 9.82. The minimum Gasteiger partial charge on any atom is -0.492 e. The van der Waals surface area contributed by atoms with Crippen molar-refractivity contribution in [2.45, 2.75) is 25.7 Å². The first-order valence-electron chi connectivity index (χ1n) is 7.81. The first-order valence-corrected chi connectivity index (χ1v) is 7.81. The Kier molecular flexibility index (Phi) is 4.27. The van der Waals surface area contributed by atoms with Gasteiger partial charge in [0.15, 0.2) is 0 Å². The molecule has 2 heterocycles. The number of aromatic nitrogens is 1. The largest absolute Gasteiger partial charge is 0.492 e. The highest BCUT2D eigenvalue weighted by molar-refractivity contribution is 6.12. The molecule has 0 atom stereocenters. The van der Waals surface area contributed by atoms with E-state index in [1.807, 2.05) is 0 Å². The average molecular weight is 320 g/mol. The second-order valence-corrected chi connectivity index (χ2v) is 6.15. The van der Waals surface area contributed by atoms with Gasteiger partial charge in [-0.3, -0.25) is 14.5 Å². The maximum absolute atomic E-state index is 11.6. The summed E-state index contributed by atoms with van der Waals surface area (Å²) in [6.07, 6.45) is 6.34. The third kappa shape index (κ3) is 3.33. The van der Waals surface area contributed by atoms with Crippen LogP contribution < -0.4 is 4.84 Å². The van der Waals surface area contributed by atoms with Crippen LogP contribution in [0.25, 0.3) is 0 Å². The van der Waals surface area contributed by atoms with E-state index < -0.39 is 0 Å². The normalized spacial score (nSPS) is 24.4. The highest BCUT2D eigenvalue weighted by Crippen LogP contribution is 2.30. The predicted molar refractivity (Wildman–Crippen MR) is 80.5 cm³/mol. The first kappa shape index (κ1) is 15.5. The molecule has 1 aromatic heterocycles. The van der Waals surface area contributed by atoms with Gasteiger partial charge in [0.25, 0.3) is 11.8 Å². The number of nitrogens with zero attached hydrogens (tertiary/aromatic N) is 2. The van der Waals surface area contributed by atoms with Gasteiger partial charge < -0.3 is 15.1 Å². The van der Waals surface area contributed by atoms with Crippen LogP contribution in [0.1, 0.15) is 25.7 Å². The zero-order chi connectivity index (χ0) is 16.4. The zero-order valence-corrected chi connectivity index (χ0v) is 12.7. The Morgan fingerprint density at radius 3 is 2.04 bits per heavy atom. The third-order valence-electron chi connectivity index (χ3n) is 4.54. The van der Waals surface area contributed by atoms with Crippen molar-refractivity contribution in [3.8, 4) is 11.8 Å². The molecule has 7 nitrogen and oxygen atoms in total. The molecule has 0 radical (unpaired) electrons. The Morgan fingerprint density at radius 1 is 0.957 bits per heavy atom. The van der Waals surface area contributed by atoms with Crippen molar-refractivity contribution in [3.63, 3.8) is 0 Å². The standard InChI is InChI=1S/C16H20N2O5/c19-13-5-6-14(20)17(13)9-11-1-3-12(4-2-11)10-23-18-15(21)7-8-16(18)22/h5-8,11-12,21-22H,1-4,9-10H2. The molecular formula is C16H20N2O5. The van der Waals surface area contributed by atoms with Crippen molar-refractivity contribution in [1.82, 2.24) is 9.63 Å². The maximum Gasteiger partial charge on any atom is 0.253 e. The minimum atomic E-state index is -0.223. The van der Waals surface area contributed by atoms with Gasteiger partial charge in [-0.2, -0.15) is 0 Å². The second-order valence-electron chi connectivity index (χ2n) is 6.15. The predicted octanol–water partition coefficient (Wildman–Crippen LogP) is 1.06. The monoisotopic (exact) mass is 320 g/mol. The summed E-state index contributed by atoms with van der Waals surface area (Å²) in [6.45, 7) is 0.892. The van der Waals surface area contributed by atoms with Gasteiger partial charge in [-0.25, -0.2) is 0 Å². The number of hydrogen-bond acceptors (Lipinski definition) is 5. The lowest BCUT2D eigenvalue weighted by Gasteiger charge is -2.30. The van der Waals surface area contributed by atoms with Crippen LogP contribution in [0.5, 0.6) is 11.8 Å². The van der Waals surface area contributed by atoms with Crippen molar-refractivity contribution in [2.75, 3.05) is 13.2 Å². The van der Waals surface area contributed by atoms with Gasteiger partial charge in [0.2, 0.25) is 11.8 Å². The number of carbonyl (C=O) groups excluding carboxylic acids is 2. The van der Waals surface area contributed by atoms with E-state index in [4.69, 9.17) is 4.84 Å². The molecule has 1 aliphatic carbocycles.